The van der Waals surface area contributed by atoms with E-state index in [1.807, 2.05) is 60.0 Å². The van der Waals surface area contributed by atoms with Gasteiger partial charge in [-0.25, -0.2) is 4.98 Å². The Kier molecular flexibility index (Phi) is 7.25. The SMILES string of the molecule is CCCc1cccc(-c2[nH]n(-c3nc(-c4ccccc4)cs3)c(=O)c2N=Nc2ccc(Cl)c([N+](=O)[O-])c2)c1. The van der Waals surface area contributed by atoms with Crippen LogP contribution in [0.2, 0.25) is 5.02 Å². The minimum atomic E-state index is -0.595. The quantitative estimate of drug-likeness (QED) is 0.121. The lowest BCUT2D eigenvalue weighted by molar-refractivity contribution is -0.384. The Hall–Kier alpha value is -4.41. The van der Waals surface area contributed by atoms with E-state index in [1.165, 1.54) is 34.2 Å². The van der Waals surface area contributed by atoms with Crippen molar-refractivity contribution in [3.8, 4) is 27.6 Å². The molecular weight excluding hydrogens is 524 g/mol. The Morgan fingerprint density at radius 2 is 1.84 bits per heavy atom. The molecule has 0 bridgehead atoms. The largest absolute Gasteiger partial charge is 0.301 e. The van der Waals surface area contributed by atoms with Crippen molar-refractivity contribution in [3.05, 3.63) is 109 Å². The van der Waals surface area contributed by atoms with Gasteiger partial charge < -0.3 is 0 Å². The number of nitrogens with zero attached hydrogens (tertiary/aromatic N) is 5. The molecule has 5 aromatic rings. The summed E-state index contributed by atoms with van der Waals surface area (Å²) < 4.78 is 1.34. The van der Waals surface area contributed by atoms with E-state index in [9.17, 15) is 14.9 Å². The zero-order chi connectivity index (χ0) is 26.6. The molecule has 11 heteroatoms. The summed E-state index contributed by atoms with van der Waals surface area (Å²) in [6, 6.07) is 21.6. The topological polar surface area (TPSA) is 119 Å². The number of H-pyrrole nitrogens is 1. The van der Waals surface area contributed by atoms with Crippen molar-refractivity contribution >= 4 is 40.0 Å². The van der Waals surface area contributed by atoms with Crippen LogP contribution in [-0.4, -0.2) is 19.7 Å². The van der Waals surface area contributed by atoms with Gasteiger partial charge in [-0.1, -0.05) is 73.5 Å². The number of nitrogens with one attached hydrogen (secondary N) is 1. The third-order valence-corrected chi connectivity index (χ3v) is 6.91. The van der Waals surface area contributed by atoms with E-state index >= 15 is 0 Å². The number of benzene rings is 3. The molecule has 0 aliphatic heterocycles. The zero-order valence-corrected chi connectivity index (χ0v) is 21.7. The van der Waals surface area contributed by atoms with Crippen LogP contribution in [0.3, 0.4) is 0 Å². The standard InChI is InChI=1S/C27H21ClN6O3S/c1-2-7-17-8-6-11-19(14-17)24-25(31-30-20-12-13-21(28)23(15-20)34(36)37)26(35)33(32-24)27-29-22(16-38-27)18-9-4-3-5-10-18/h3-6,8-16,32H,2,7H2,1H3. The number of azo groups is 1. The van der Waals surface area contributed by atoms with Crippen LogP contribution >= 0.6 is 22.9 Å². The van der Waals surface area contributed by atoms with Crippen LogP contribution in [0.4, 0.5) is 17.1 Å². The molecule has 0 radical (unpaired) electrons. The van der Waals surface area contributed by atoms with Gasteiger partial charge in [0.1, 0.15) is 5.02 Å². The highest BCUT2D eigenvalue weighted by Crippen LogP contribution is 2.33. The maximum atomic E-state index is 13.6. The van der Waals surface area contributed by atoms with E-state index in [2.05, 4.69) is 27.2 Å². The van der Waals surface area contributed by atoms with Gasteiger partial charge in [0, 0.05) is 22.6 Å². The van der Waals surface area contributed by atoms with Gasteiger partial charge in [-0.15, -0.1) is 16.5 Å². The first kappa shape index (κ1) is 25.2. The third kappa shape index (κ3) is 5.17. The summed E-state index contributed by atoms with van der Waals surface area (Å²) in [5.41, 5.74) is 3.56. The van der Waals surface area contributed by atoms with Crippen LogP contribution in [0.1, 0.15) is 18.9 Å². The fourth-order valence-corrected chi connectivity index (χ4v) is 4.92. The number of rotatable bonds is 8. The van der Waals surface area contributed by atoms with Gasteiger partial charge in [-0.05, 0) is 30.2 Å². The Balaban J connectivity index is 1.61. The van der Waals surface area contributed by atoms with Gasteiger partial charge in [-0.2, -0.15) is 9.80 Å². The molecule has 3 aromatic carbocycles. The van der Waals surface area contributed by atoms with Crippen molar-refractivity contribution in [2.75, 3.05) is 0 Å². The van der Waals surface area contributed by atoms with Gasteiger partial charge in [-0.3, -0.25) is 20.0 Å². The Labute approximate surface area is 226 Å². The molecule has 9 nitrogen and oxygen atoms in total. The summed E-state index contributed by atoms with van der Waals surface area (Å²) in [6.45, 7) is 2.10. The van der Waals surface area contributed by atoms with Gasteiger partial charge >= 0.3 is 5.56 Å². The number of aromatic amines is 1. The number of hydrogen-bond acceptors (Lipinski definition) is 7. The van der Waals surface area contributed by atoms with Crippen LogP contribution in [0, 0.1) is 10.1 Å². The fraction of sp³-hybridized carbons (Fsp3) is 0.111. The van der Waals surface area contributed by atoms with Gasteiger partial charge in [0.15, 0.2) is 5.69 Å². The minimum absolute atomic E-state index is 0.00984. The predicted molar refractivity (Wildman–Crippen MR) is 149 cm³/mol. The molecule has 38 heavy (non-hydrogen) atoms. The van der Waals surface area contributed by atoms with Gasteiger partial charge in [0.05, 0.1) is 22.0 Å². The molecule has 2 aromatic heterocycles. The van der Waals surface area contributed by atoms with Crippen molar-refractivity contribution in [2.45, 2.75) is 19.8 Å². The van der Waals surface area contributed by atoms with Crippen molar-refractivity contribution in [2.24, 2.45) is 10.2 Å². The summed E-state index contributed by atoms with van der Waals surface area (Å²) in [5, 5.41) is 25.1. The fourth-order valence-electron chi connectivity index (χ4n) is 3.95. The number of thiazole rings is 1. The zero-order valence-electron chi connectivity index (χ0n) is 20.2. The Morgan fingerprint density at radius 1 is 1.05 bits per heavy atom. The number of nitro groups is 1. The Morgan fingerprint density at radius 3 is 2.61 bits per heavy atom. The molecule has 1 N–H and O–H groups in total. The highest BCUT2D eigenvalue weighted by molar-refractivity contribution is 7.12. The maximum absolute atomic E-state index is 13.6. The second kappa shape index (κ2) is 10.9. The molecule has 0 amide bonds. The number of hydrogen-bond donors (Lipinski definition) is 1. The molecule has 0 spiro atoms. The summed E-state index contributed by atoms with van der Waals surface area (Å²) in [4.78, 5) is 28.9. The summed E-state index contributed by atoms with van der Waals surface area (Å²) in [7, 11) is 0. The molecule has 0 aliphatic rings. The molecule has 2 heterocycles. The molecule has 0 aliphatic carbocycles. The number of halogens is 1. The first-order chi connectivity index (χ1) is 18.4. The highest BCUT2D eigenvalue weighted by atomic mass is 35.5. The first-order valence-corrected chi connectivity index (χ1v) is 13.0. The first-order valence-electron chi connectivity index (χ1n) is 11.8. The van der Waals surface area contributed by atoms with E-state index in [-0.39, 0.29) is 22.1 Å². The van der Waals surface area contributed by atoms with Crippen LogP contribution in [0.5, 0.6) is 0 Å². The van der Waals surface area contributed by atoms with E-state index in [4.69, 9.17) is 11.6 Å². The molecule has 5 rings (SSSR count). The minimum Gasteiger partial charge on any atom is -0.286 e. The lowest BCUT2D eigenvalue weighted by atomic mass is 10.0. The van der Waals surface area contributed by atoms with Crippen molar-refractivity contribution < 1.29 is 4.92 Å². The number of aromatic nitrogens is 3. The van der Waals surface area contributed by atoms with E-state index in [1.54, 1.807) is 0 Å². The van der Waals surface area contributed by atoms with Gasteiger partial charge in [0.2, 0.25) is 5.13 Å². The molecule has 0 saturated heterocycles. The average Bonchev–Trinajstić information content (AvgIpc) is 3.54. The van der Waals surface area contributed by atoms with Crippen molar-refractivity contribution in [1.82, 2.24) is 14.8 Å². The second-order valence-corrected chi connectivity index (χ2v) is 9.64. The molecule has 0 atom stereocenters. The molecule has 0 unspecified atom stereocenters. The summed E-state index contributed by atoms with van der Waals surface area (Å²) in [6.07, 6.45) is 1.86. The highest BCUT2D eigenvalue weighted by Gasteiger charge is 2.20. The predicted octanol–water partition coefficient (Wildman–Crippen LogP) is 7.89. The van der Waals surface area contributed by atoms with Crippen LogP contribution in [0.25, 0.3) is 27.6 Å². The lowest BCUT2D eigenvalue weighted by Crippen LogP contribution is -2.13. The Bertz CT molecular complexity index is 1710. The molecule has 190 valence electrons. The summed E-state index contributed by atoms with van der Waals surface area (Å²) >= 11 is 7.24. The van der Waals surface area contributed by atoms with Crippen LogP contribution < -0.4 is 5.56 Å². The van der Waals surface area contributed by atoms with Gasteiger partial charge in [0.25, 0.3) is 5.69 Å². The lowest BCUT2D eigenvalue weighted by Gasteiger charge is -2.03. The summed E-state index contributed by atoms with van der Waals surface area (Å²) in [5.74, 6) is 0. The van der Waals surface area contributed by atoms with Crippen molar-refractivity contribution in [1.29, 1.82) is 0 Å². The second-order valence-electron chi connectivity index (χ2n) is 8.40. The smallest absolute Gasteiger partial charge is 0.286 e. The third-order valence-electron chi connectivity index (χ3n) is 5.77. The molecular formula is C27H21ClN6O3S. The monoisotopic (exact) mass is 544 g/mol. The van der Waals surface area contributed by atoms with E-state index < -0.39 is 10.5 Å². The molecule has 0 saturated carbocycles. The normalized spacial score (nSPS) is 11.3. The number of nitro benzene ring substituents is 1. The van der Waals surface area contributed by atoms with Crippen LogP contribution in [0.15, 0.2) is 93.2 Å². The van der Waals surface area contributed by atoms with E-state index in [0.29, 0.717) is 10.8 Å². The average molecular weight is 545 g/mol. The molecule has 0 fully saturated rings. The van der Waals surface area contributed by atoms with Crippen molar-refractivity contribution in [3.63, 3.8) is 0 Å². The number of aryl methyl sites for hydroxylation is 1. The van der Waals surface area contributed by atoms with Crippen LogP contribution in [-0.2, 0) is 6.42 Å². The van der Waals surface area contributed by atoms with E-state index in [0.717, 1.165) is 35.2 Å². The maximum Gasteiger partial charge on any atom is 0.301 e.